The van der Waals surface area contributed by atoms with Crippen molar-refractivity contribution in [3.05, 3.63) is 53.6 Å². The molecule has 0 heterocycles. The molecule has 0 bridgehead atoms. The summed E-state index contributed by atoms with van der Waals surface area (Å²) in [5.41, 5.74) is 3.68. The van der Waals surface area contributed by atoms with E-state index in [9.17, 15) is 9.59 Å². The molecule has 0 spiro atoms. The zero-order chi connectivity index (χ0) is 21.6. The number of hydrogen-bond donors (Lipinski definition) is 3. The topological polar surface area (TPSA) is 71.9 Å². The van der Waals surface area contributed by atoms with Gasteiger partial charge in [-0.1, -0.05) is 38.1 Å². The summed E-state index contributed by atoms with van der Waals surface area (Å²) in [6, 6.07) is 12.8. The highest BCUT2D eigenvalue weighted by Gasteiger charge is 2.25. The summed E-state index contributed by atoms with van der Waals surface area (Å²) in [6.45, 7) is 8.21. The van der Waals surface area contributed by atoms with E-state index in [4.69, 9.17) is 4.74 Å². The van der Waals surface area contributed by atoms with Crippen molar-refractivity contribution < 1.29 is 19.2 Å². The highest BCUT2D eigenvalue weighted by atomic mass is 16.5. The van der Waals surface area contributed by atoms with Crippen molar-refractivity contribution in [2.24, 2.45) is 0 Å². The van der Waals surface area contributed by atoms with E-state index >= 15 is 0 Å². The second-order valence-corrected chi connectivity index (χ2v) is 7.71. The molecule has 0 saturated heterocycles. The first kappa shape index (κ1) is 22.4. The average molecular weight is 399 g/mol. The molecule has 0 aliphatic rings. The van der Waals surface area contributed by atoms with Crippen LogP contribution in [0, 0.1) is 6.92 Å². The van der Waals surface area contributed by atoms with Crippen molar-refractivity contribution in [1.29, 1.82) is 0 Å². The van der Waals surface area contributed by atoms with Gasteiger partial charge >= 0.3 is 0 Å². The number of aryl methyl sites for hydroxylation is 1. The number of carbonyl (C=O) groups excluding carboxylic acids is 2. The van der Waals surface area contributed by atoms with Crippen LogP contribution in [-0.4, -0.2) is 38.6 Å². The minimum Gasteiger partial charge on any atom is -0.497 e. The fourth-order valence-corrected chi connectivity index (χ4v) is 3.11. The molecule has 2 amide bonds. The predicted octanol–water partition coefficient (Wildman–Crippen LogP) is 2.61. The molecule has 29 heavy (non-hydrogen) atoms. The van der Waals surface area contributed by atoms with Gasteiger partial charge in [-0.15, -0.1) is 0 Å². The first-order valence-corrected chi connectivity index (χ1v) is 9.89. The Balaban J connectivity index is 2.00. The summed E-state index contributed by atoms with van der Waals surface area (Å²) < 4.78 is 5.17. The molecule has 156 valence electrons. The Morgan fingerprint density at radius 2 is 1.76 bits per heavy atom. The fourth-order valence-electron chi connectivity index (χ4n) is 3.11. The number of para-hydroxylation sites is 1. The lowest BCUT2D eigenvalue weighted by Crippen LogP contribution is -3.14. The molecule has 2 atom stereocenters. The van der Waals surface area contributed by atoms with Gasteiger partial charge in [-0.25, -0.2) is 0 Å². The summed E-state index contributed by atoms with van der Waals surface area (Å²) in [5, 5.41) is 5.92. The number of quaternary nitrogens is 1. The van der Waals surface area contributed by atoms with Crippen molar-refractivity contribution in [3.63, 3.8) is 0 Å². The molecule has 0 aliphatic carbocycles. The molecule has 2 rings (SSSR count). The molecule has 0 aromatic heterocycles. The number of nitrogens with one attached hydrogen (secondary N) is 3. The minimum atomic E-state index is -0.384. The largest absolute Gasteiger partial charge is 0.497 e. The lowest BCUT2D eigenvalue weighted by molar-refractivity contribution is -0.885. The van der Waals surface area contributed by atoms with Gasteiger partial charge < -0.3 is 20.3 Å². The number of amides is 2. The predicted molar refractivity (Wildman–Crippen MR) is 117 cm³/mol. The number of rotatable bonds is 8. The summed E-state index contributed by atoms with van der Waals surface area (Å²) in [4.78, 5) is 26.0. The van der Waals surface area contributed by atoms with Crippen LogP contribution in [0.3, 0.4) is 0 Å². The molecule has 3 N–H and O–H groups in total. The van der Waals surface area contributed by atoms with Crippen LogP contribution in [0.1, 0.15) is 37.8 Å². The summed E-state index contributed by atoms with van der Waals surface area (Å²) >= 11 is 0. The third kappa shape index (κ3) is 6.06. The van der Waals surface area contributed by atoms with Gasteiger partial charge in [0.05, 0.1) is 14.2 Å². The van der Waals surface area contributed by atoms with E-state index in [1.54, 1.807) is 19.2 Å². The standard InChI is InChI=1S/C23H31N3O3/c1-15(2)20-12-7-9-16(3)22(20)25-23(28)17(4)26(5)14-21(27)24-18-10-8-11-19(13-18)29-6/h7-13,15,17H,14H2,1-6H3,(H,24,27)(H,25,28)/p+1/t17-/m1/s1. The van der Waals surface area contributed by atoms with Crippen LogP contribution < -0.4 is 20.3 Å². The number of carbonyl (C=O) groups is 2. The lowest BCUT2D eigenvalue weighted by Gasteiger charge is -2.22. The van der Waals surface area contributed by atoms with Crippen molar-refractivity contribution in [2.75, 3.05) is 31.3 Å². The van der Waals surface area contributed by atoms with Crippen LogP contribution in [0.25, 0.3) is 0 Å². The highest BCUT2D eigenvalue weighted by Crippen LogP contribution is 2.27. The van der Waals surface area contributed by atoms with Gasteiger partial charge in [0.25, 0.3) is 11.8 Å². The quantitative estimate of drug-likeness (QED) is 0.640. The Hall–Kier alpha value is -2.86. The number of ether oxygens (including phenoxy) is 1. The number of likely N-dealkylation sites (N-methyl/N-ethyl adjacent to an activating group) is 1. The Labute approximate surface area is 173 Å². The number of anilines is 2. The highest BCUT2D eigenvalue weighted by molar-refractivity contribution is 5.96. The van der Waals surface area contributed by atoms with Gasteiger partial charge in [-0.05, 0) is 43.0 Å². The number of benzene rings is 2. The Morgan fingerprint density at radius 3 is 2.41 bits per heavy atom. The van der Waals surface area contributed by atoms with E-state index in [-0.39, 0.29) is 24.4 Å². The normalized spacial score (nSPS) is 12.9. The van der Waals surface area contributed by atoms with Crippen molar-refractivity contribution in [2.45, 2.75) is 39.7 Å². The minimum absolute atomic E-state index is 0.104. The third-order valence-corrected chi connectivity index (χ3v) is 5.10. The maximum absolute atomic E-state index is 12.8. The van der Waals surface area contributed by atoms with Crippen LogP contribution in [0.4, 0.5) is 11.4 Å². The van der Waals surface area contributed by atoms with E-state index in [1.165, 1.54) is 0 Å². The van der Waals surface area contributed by atoms with E-state index in [2.05, 4.69) is 24.5 Å². The summed E-state index contributed by atoms with van der Waals surface area (Å²) in [5.74, 6) is 0.719. The Morgan fingerprint density at radius 1 is 1.07 bits per heavy atom. The SMILES string of the molecule is COc1cccc(NC(=O)C[NH+](C)[C@H](C)C(=O)Nc2c(C)cccc2C(C)C)c1. The monoisotopic (exact) mass is 398 g/mol. The molecule has 6 nitrogen and oxygen atoms in total. The Bertz CT molecular complexity index is 864. The summed E-state index contributed by atoms with van der Waals surface area (Å²) in [7, 11) is 3.43. The van der Waals surface area contributed by atoms with Crippen LogP contribution in [0.2, 0.25) is 0 Å². The molecule has 0 fully saturated rings. The van der Waals surface area contributed by atoms with E-state index in [0.29, 0.717) is 17.4 Å². The first-order valence-electron chi connectivity index (χ1n) is 9.89. The smallest absolute Gasteiger partial charge is 0.282 e. The van der Waals surface area contributed by atoms with Crippen LogP contribution in [0.5, 0.6) is 5.75 Å². The van der Waals surface area contributed by atoms with E-state index < -0.39 is 0 Å². The Kier molecular flexibility index (Phi) is 7.79. The summed E-state index contributed by atoms with van der Waals surface area (Å²) in [6.07, 6.45) is 0. The van der Waals surface area contributed by atoms with Gasteiger partial charge in [0, 0.05) is 17.4 Å². The third-order valence-electron chi connectivity index (χ3n) is 5.10. The second-order valence-electron chi connectivity index (χ2n) is 7.71. The first-order chi connectivity index (χ1) is 13.7. The lowest BCUT2D eigenvalue weighted by atomic mass is 9.98. The molecule has 0 aliphatic heterocycles. The van der Waals surface area contributed by atoms with Gasteiger partial charge in [-0.3, -0.25) is 9.59 Å². The van der Waals surface area contributed by atoms with E-state index in [1.807, 2.05) is 51.2 Å². The van der Waals surface area contributed by atoms with Crippen LogP contribution in [-0.2, 0) is 9.59 Å². The molecule has 6 heteroatoms. The maximum Gasteiger partial charge on any atom is 0.282 e. The van der Waals surface area contributed by atoms with Crippen LogP contribution in [0.15, 0.2) is 42.5 Å². The van der Waals surface area contributed by atoms with Gasteiger partial charge in [-0.2, -0.15) is 0 Å². The second kappa shape index (κ2) is 10.1. The van der Waals surface area contributed by atoms with Gasteiger partial charge in [0.1, 0.15) is 5.75 Å². The average Bonchev–Trinajstić information content (AvgIpc) is 2.68. The molecular weight excluding hydrogens is 366 g/mol. The molecule has 2 aromatic rings. The molecule has 0 radical (unpaired) electrons. The molecule has 0 saturated carbocycles. The fraction of sp³-hybridized carbons (Fsp3) is 0.391. The molecule has 1 unspecified atom stereocenters. The van der Waals surface area contributed by atoms with Crippen molar-refractivity contribution in [1.82, 2.24) is 0 Å². The molecular formula is C23H32N3O3+. The van der Waals surface area contributed by atoms with Crippen molar-refractivity contribution >= 4 is 23.2 Å². The van der Waals surface area contributed by atoms with Crippen LogP contribution >= 0.6 is 0 Å². The van der Waals surface area contributed by atoms with E-state index in [0.717, 1.165) is 21.7 Å². The number of methoxy groups -OCH3 is 1. The maximum atomic E-state index is 12.8. The van der Waals surface area contributed by atoms with Crippen molar-refractivity contribution in [3.8, 4) is 5.75 Å². The zero-order valence-electron chi connectivity index (χ0n) is 18.1. The number of hydrogen-bond acceptors (Lipinski definition) is 3. The van der Waals surface area contributed by atoms with Gasteiger partial charge in [0.15, 0.2) is 12.6 Å². The van der Waals surface area contributed by atoms with Gasteiger partial charge in [0.2, 0.25) is 0 Å². The zero-order valence-corrected chi connectivity index (χ0v) is 18.1. The molecule has 2 aromatic carbocycles.